The predicted molar refractivity (Wildman–Crippen MR) is 85.3 cm³/mol. The zero-order valence-electron chi connectivity index (χ0n) is 13.3. The highest BCUT2D eigenvalue weighted by atomic mass is 16.6. The lowest BCUT2D eigenvalue weighted by atomic mass is 10.0. The van der Waals surface area contributed by atoms with Gasteiger partial charge in [-0.05, 0) is 31.4 Å². The average Bonchev–Trinajstić information content (AvgIpc) is 2.47. The van der Waals surface area contributed by atoms with Crippen LogP contribution in [0.2, 0.25) is 0 Å². The number of urea groups is 1. The lowest BCUT2D eigenvalue weighted by Crippen LogP contribution is -2.42. The third-order valence-corrected chi connectivity index (χ3v) is 3.15. The van der Waals surface area contributed by atoms with E-state index in [-0.39, 0.29) is 18.3 Å². The molecule has 1 atom stereocenters. The number of aryl methyl sites for hydroxylation is 1. The van der Waals surface area contributed by atoms with Crippen molar-refractivity contribution in [1.82, 2.24) is 10.2 Å². The summed E-state index contributed by atoms with van der Waals surface area (Å²) < 4.78 is 5.10. The number of nitrogens with two attached hydrogens (primary N) is 1. The van der Waals surface area contributed by atoms with Crippen LogP contribution in [0.1, 0.15) is 18.1 Å². The summed E-state index contributed by atoms with van der Waals surface area (Å²) in [6.45, 7) is 7.15. The van der Waals surface area contributed by atoms with E-state index in [2.05, 4.69) is 11.9 Å². The minimum absolute atomic E-state index is 0.0218. The molecular formula is C16H23N3O3. The largest absolute Gasteiger partial charge is 0.447 e. The first kappa shape index (κ1) is 17.7. The second-order valence-corrected chi connectivity index (χ2v) is 5.09. The molecule has 0 aliphatic heterocycles. The summed E-state index contributed by atoms with van der Waals surface area (Å²) >= 11 is 0. The van der Waals surface area contributed by atoms with Gasteiger partial charge in [-0.1, -0.05) is 30.8 Å². The van der Waals surface area contributed by atoms with E-state index in [0.717, 1.165) is 16.0 Å². The number of allylic oxidation sites excluding steroid dienone is 1. The summed E-state index contributed by atoms with van der Waals surface area (Å²) in [4.78, 5) is 24.4. The van der Waals surface area contributed by atoms with Crippen LogP contribution in [-0.2, 0) is 11.2 Å². The van der Waals surface area contributed by atoms with Gasteiger partial charge in [0.2, 0.25) is 0 Å². The number of nitrogens with one attached hydrogen (secondary N) is 1. The molecule has 0 spiro atoms. The molecule has 0 saturated carbocycles. The molecule has 6 heteroatoms. The topological polar surface area (TPSA) is 84.7 Å². The molecule has 120 valence electrons. The Hall–Kier alpha value is -2.34. The lowest BCUT2D eigenvalue weighted by molar-refractivity contribution is 0.113. The van der Waals surface area contributed by atoms with Gasteiger partial charge in [0, 0.05) is 18.8 Å². The second-order valence-electron chi connectivity index (χ2n) is 5.09. The number of ether oxygens (including phenoxy) is 1. The molecule has 0 bridgehead atoms. The molecule has 0 heterocycles. The summed E-state index contributed by atoms with van der Waals surface area (Å²) in [5.41, 5.74) is 8.51. The van der Waals surface area contributed by atoms with Crippen LogP contribution in [0.25, 0.3) is 0 Å². The van der Waals surface area contributed by atoms with Crippen molar-refractivity contribution in [3.8, 4) is 0 Å². The number of carbonyl (C=O) groups is 2. The SMILES string of the molecule is C=C(C)N(C(=O)NC)C(=O)OC[C@H](N)Cc1ccccc1C. The molecule has 0 aliphatic rings. The molecule has 1 rings (SSSR count). The van der Waals surface area contributed by atoms with Crippen molar-refractivity contribution in [1.29, 1.82) is 0 Å². The monoisotopic (exact) mass is 305 g/mol. The van der Waals surface area contributed by atoms with Gasteiger partial charge in [0.05, 0.1) is 0 Å². The van der Waals surface area contributed by atoms with Crippen molar-refractivity contribution in [2.45, 2.75) is 26.3 Å². The molecule has 0 saturated heterocycles. The smallest absolute Gasteiger partial charge is 0.422 e. The van der Waals surface area contributed by atoms with Crippen LogP contribution in [0.3, 0.4) is 0 Å². The lowest BCUT2D eigenvalue weighted by Gasteiger charge is -2.21. The van der Waals surface area contributed by atoms with Crippen molar-refractivity contribution >= 4 is 12.1 Å². The fourth-order valence-electron chi connectivity index (χ4n) is 1.95. The normalized spacial score (nSPS) is 11.5. The minimum atomic E-state index is -0.785. The van der Waals surface area contributed by atoms with E-state index in [0.29, 0.717) is 6.42 Å². The number of imide groups is 1. The van der Waals surface area contributed by atoms with E-state index < -0.39 is 12.1 Å². The van der Waals surface area contributed by atoms with E-state index in [1.165, 1.54) is 7.05 Å². The Bertz CT molecular complexity index is 557. The van der Waals surface area contributed by atoms with Crippen LogP contribution in [0.5, 0.6) is 0 Å². The first-order valence-electron chi connectivity index (χ1n) is 7.01. The molecule has 0 radical (unpaired) electrons. The number of nitrogens with zero attached hydrogens (tertiary/aromatic N) is 1. The van der Waals surface area contributed by atoms with Crippen LogP contribution in [0.4, 0.5) is 9.59 Å². The number of hydrogen-bond donors (Lipinski definition) is 2. The van der Waals surface area contributed by atoms with E-state index in [4.69, 9.17) is 10.5 Å². The molecule has 3 N–H and O–H groups in total. The summed E-state index contributed by atoms with van der Waals surface area (Å²) in [5.74, 6) is 0. The Kier molecular flexibility index (Phi) is 6.59. The average molecular weight is 305 g/mol. The molecule has 0 aliphatic carbocycles. The van der Waals surface area contributed by atoms with E-state index >= 15 is 0 Å². The summed E-state index contributed by atoms with van der Waals surface area (Å²) in [5, 5.41) is 2.36. The van der Waals surface area contributed by atoms with Gasteiger partial charge in [0.1, 0.15) is 6.61 Å². The van der Waals surface area contributed by atoms with Gasteiger partial charge in [-0.25, -0.2) is 14.5 Å². The number of carbonyl (C=O) groups excluding carboxylic acids is 2. The maximum absolute atomic E-state index is 11.9. The number of hydrogen-bond acceptors (Lipinski definition) is 4. The minimum Gasteiger partial charge on any atom is -0.447 e. The van der Waals surface area contributed by atoms with Crippen LogP contribution in [0.15, 0.2) is 36.5 Å². The Morgan fingerprint density at radius 2 is 2.05 bits per heavy atom. The zero-order valence-corrected chi connectivity index (χ0v) is 13.3. The molecule has 1 aromatic carbocycles. The first-order valence-corrected chi connectivity index (χ1v) is 7.01. The summed E-state index contributed by atoms with van der Waals surface area (Å²) in [6.07, 6.45) is -0.195. The maximum atomic E-state index is 11.9. The standard InChI is InChI=1S/C16H23N3O3/c1-11(2)19(15(20)18-4)16(21)22-10-14(17)9-13-8-6-5-7-12(13)3/h5-8,14H,1,9-10,17H2,2-4H3,(H,18,20)/t14-/m1/s1. The van der Waals surface area contributed by atoms with Gasteiger partial charge in [-0.2, -0.15) is 0 Å². The Balaban J connectivity index is 2.57. The molecule has 3 amide bonds. The molecule has 1 aromatic rings. The summed E-state index contributed by atoms with van der Waals surface area (Å²) in [6, 6.07) is 6.95. The van der Waals surface area contributed by atoms with Crippen molar-refractivity contribution in [2.24, 2.45) is 5.73 Å². The van der Waals surface area contributed by atoms with Crippen molar-refractivity contribution in [3.63, 3.8) is 0 Å². The molecule has 6 nitrogen and oxygen atoms in total. The number of rotatable bonds is 5. The van der Waals surface area contributed by atoms with Crippen LogP contribution in [-0.4, -0.2) is 36.7 Å². The highest BCUT2D eigenvalue weighted by Gasteiger charge is 2.23. The Morgan fingerprint density at radius 3 is 2.59 bits per heavy atom. The fourth-order valence-corrected chi connectivity index (χ4v) is 1.95. The van der Waals surface area contributed by atoms with Gasteiger partial charge in [0.15, 0.2) is 0 Å². The molecule has 0 fully saturated rings. The number of benzene rings is 1. The van der Waals surface area contributed by atoms with Gasteiger partial charge in [0.25, 0.3) is 0 Å². The second kappa shape index (κ2) is 8.19. The van der Waals surface area contributed by atoms with Crippen LogP contribution < -0.4 is 11.1 Å². The van der Waals surface area contributed by atoms with Gasteiger partial charge < -0.3 is 15.8 Å². The highest BCUT2D eigenvalue weighted by molar-refractivity contribution is 5.92. The van der Waals surface area contributed by atoms with Crippen LogP contribution >= 0.6 is 0 Å². The van der Waals surface area contributed by atoms with E-state index in [1.807, 2.05) is 31.2 Å². The van der Waals surface area contributed by atoms with Gasteiger partial charge >= 0.3 is 12.1 Å². The Labute approximate surface area is 130 Å². The van der Waals surface area contributed by atoms with Crippen LogP contribution in [0, 0.1) is 6.92 Å². The highest BCUT2D eigenvalue weighted by Crippen LogP contribution is 2.10. The van der Waals surface area contributed by atoms with Crippen molar-refractivity contribution in [2.75, 3.05) is 13.7 Å². The van der Waals surface area contributed by atoms with Crippen molar-refractivity contribution in [3.05, 3.63) is 47.7 Å². The first-order chi connectivity index (χ1) is 10.4. The molecule has 22 heavy (non-hydrogen) atoms. The molecule has 0 aromatic heterocycles. The molecule has 0 unspecified atom stereocenters. The molecular weight excluding hydrogens is 282 g/mol. The summed E-state index contributed by atoms with van der Waals surface area (Å²) in [7, 11) is 1.43. The third kappa shape index (κ3) is 4.89. The van der Waals surface area contributed by atoms with Crippen molar-refractivity contribution < 1.29 is 14.3 Å². The maximum Gasteiger partial charge on any atom is 0.422 e. The van der Waals surface area contributed by atoms with Gasteiger partial charge in [-0.15, -0.1) is 0 Å². The quantitative estimate of drug-likeness (QED) is 0.873. The third-order valence-electron chi connectivity index (χ3n) is 3.15. The zero-order chi connectivity index (χ0) is 16.7. The predicted octanol–water partition coefficient (Wildman–Crippen LogP) is 2.18. The number of amides is 3. The van der Waals surface area contributed by atoms with Gasteiger partial charge in [-0.3, -0.25) is 0 Å². The fraction of sp³-hybridized carbons (Fsp3) is 0.375. The van der Waals surface area contributed by atoms with E-state index in [1.54, 1.807) is 6.92 Å². The Morgan fingerprint density at radius 1 is 1.41 bits per heavy atom. The van der Waals surface area contributed by atoms with E-state index in [9.17, 15) is 9.59 Å².